The number of nitrogens with two attached hydrogens (primary N) is 1. The third kappa shape index (κ3) is 4.32. The van der Waals surface area contributed by atoms with E-state index in [1.54, 1.807) is 11.9 Å². The highest BCUT2D eigenvalue weighted by molar-refractivity contribution is 5.94. The molecule has 1 atom stereocenters. The van der Waals surface area contributed by atoms with Crippen LogP contribution in [0.4, 0.5) is 0 Å². The molecular formula is C18H27N3O2. The highest BCUT2D eigenvalue weighted by atomic mass is 16.2. The van der Waals surface area contributed by atoms with Crippen molar-refractivity contribution in [2.45, 2.75) is 26.8 Å². The maximum Gasteiger partial charge on any atom is 0.253 e. The number of likely N-dealkylation sites (tertiary alicyclic amines) is 1. The van der Waals surface area contributed by atoms with Crippen molar-refractivity contribution in [2.24, 2.45) is 17.6 Å². The largest absolute Gasteiger partial charge is 0.341 e. The van der Waals surface area contributed by atoms with E-state index < -0.39 is 0 Å². The SMILES string of the molecule is CC(C)C(=O)N(C)Cc1ccc(C(=O)N2CCC(CN)C2)cc1. The first-order chi connectivity index (χ1) is 10.9. The highest BCUT2D eigenvalue weighted by Crippen LogP contribution is 2.18. The molecule has 1 aromatic carbocycles. The normalized spacial score (nSPS) is 17.6. The van der Waals surface area contributed by atoms with Crippen LogP contribution in [-0.2, 0) is 11.3 Å². The summed E-state index contributed by atoms with van der Waals surface area (Å²) in [4.78, 5) is 28.0. The Morgan fingerprint density at radius 2 is 1.96 bits per heavy atom. The van der Waals surface area contributed by atoms with Gasteiger partial charge < -0.3 is 15.5 Å². The quantitative estimate of drug-likeness (QED) is 0.899. The van der Waals surface area contributed by atoms with Gasteiger partial charge in [-0.15, -0.1) is 0 Å². The fourth-order valence-corrected chi connectivity index (χ4v) is 2.94. The highest BCUT2D eigenvalue weighted by Gasteiger charge is 2.25. The average molecular weight is 317 g/mol. The number of hydrogen-bond acceptors (Lipinski definition) is 3. The summed E-state index contributed by atoms with van der Waals surface area (Å²) in [5.41, 5.74) is 7.40. The van der Waals surface area contributed by atoms with Crippen LogP contribution in [0.5, 0.6) is 0 Å². The summed E-state index contributed by atoms with van der Waals surface area (Å²) in [7, 11) is 1.80. The maximum atomic E-state index is 12.5. The minimum Gasteiger partial charge on any atom is -0.341 e. The lowest BCUT2D eigenvalue weighted by molar-refractivity contribution is -0.133. The van der Waals surface area contributed by atoms with Gasteiger partial charge in [-0.25, -0.2) is 0 Å². The van der Waals surface area contributed by atoms with Gasteiger partial charge in [0.25, 0.3) is 5.91 Å². The molecule has 0 aliphatic carbocycles. The predicted molar refractivity (Wildman–Crippen MR) is 90.8 cm³/mol. The van der Waals surface area contributed by atoms with Gasteiger partial charge in [0, 0.05) is 38.2 Å². The molecule has 0 radical (unpaired) electrons. The van der Waals surface area contributed by atoms with Gasteiger partial charge >= 0.3 is 0 Å². The summed E-state index contributed by atoms with van der Waals surface area (Å²) in [6, 6.07) is 7.55. The number of hydrogen-bond donors (Lipinski definition) is 1. The standard InChI is InChI=1S/C18H27N3O2/c1-13(2)17(22)20(3)11-14-4-6-16(7-5-14)18(23)21-9-8-15(10-19)12-21/h4-7,13,15H,8-12,19H2,1-3H3. The monoisotopic (exact) mass is 317 g/mol. The molecule has 1 aromatic rings. The zero-order valence-electron chi connectivity index (χ0n) is 14.3. The molecule has 2 rings (SSSR count). The molecule has 2 amide bonds. The Hall–Kier alpha value is -1.88. The third-order valence-corrected chi connectivity index (χ3v) is 4.40. The first-order valence-electron chi connectivity index (χ1n) is 8.25. The minimum atomic E-state index is -0.00786. The number of nitrogens with zero attached hydrogens (tertiary/aromatic N) is 2. The van der Waals surface area contributed by atoms with E-state index in [0.29, 0.717) is 24.6 Å². The third-order valence-electron chi connectivity index (χ3n) is 4.40. The average Bonchev–Trinajstić information content (AvgIpc) is 3.03. The maximum absolute atomic E-state index is 12.5. The summed E-state index contributed by atoms with van der Waals surface area (Å²) >= 11 is 0. The number of amides is 2. The second-order valence-electron chi connectivity index (χ2n) is 6.69. The van der Waals surface area contributed by atoms with Crippen molar-refractivity contribution in [1.29, 1.82) is 0 Å². The molecule has 5 heteroatoms. The molecule has 1 saturated heterocycles. The minimum absolute atomic E-state index is 0.00786. The molecule has 5 nitrogen and oxygen atoms in total. The zero-order valence-corrected chi connectivity index (χ0v) is 14.3. The number of rotatable bonds is 5. The zero-order chi connectivity index (χ0) is 17.0. The molecule has 0 saturated carbocycles. The van der Waals surface area contributed by atoms with Crippen molar-refractivity contribution in [3.8, 4) is 0 Å². The molecule has 126 valence electrons. The number of carbonyl (C=O) groups excluding carboxylic acids is 2. The lowest BCUT2D eigenvalue weighted by Crippen LogP contribution is -2.30. The summed E-state index contributed by atoms with van der Waals surface area (Å²) in [5.74, 6) is 0.606. The van der Waals surface area contributed by atoms with Crippen LogP contribution < -0.4 is 5.73 Å². The van der Waals surface area contributed by atoms with Gasteiger partial charge in [-0.2, -0.15) is 0 Å². The number of benzene rings is 1. The summed E-state index contributed by atoms with van der Waals surface area (Å²) in [6.07, 6.45) is 0.989. The first kappa shape index (κ1) is 17.5. The fourth-order valence-electron chi connectivity index (χ4n) is 2.94. The Balaban J connectivity index is 1.97. The van der Waals surface area contributed by atoms with E-state index in [1.807, 2.05) is 43.0 Å². The molecular weight excluding hydrogens is 290 g/mol. The van der Waals surface area contributed by atoms with Crippen LogP contribution in [0.3, 0.4) is 0 Å². The summed E-state index contributed by atoms with van der Waals surface area (Å²) < 4.78 is 0. The molecule has 1 aliphatic rings. The van der Waals surface area contributed by atoms with Crippen molar-refractivity contribution < 1.29 is 9.59 Å². The van der Waals surface area contributed by atoms with E-state index in [4.69, 9.17) is 5.73 Å². The van der Waals surface area contributed by atoms with Gasteiger partial charge in [0.1, 0.15) is 0 Å². The van der Waals surface area contributed by atoms with Crippen molar-refractivity contribution in [3.05, 3.63) is 35.4 Å². The van der Waals surface area contributed by atoms with Crippen molar-refractivity contribution in [2.75, 3.05) is 26.7 Å². The van der Waals surface area contributed by atoms with Gasteiger partial charge in [0.15, 0.2) is 0 Å². The van der Waals surface area contributed by atoms with Crippen LogP contribution in [0.2, 0.25) is 0 Å². The Bertz CT molecular complexity index is 554. The smallest absolute Gasteiger partial charge is 0.253 e. The van der Waals surface area contributed by atoms with Crippen LogP contribution in [0.25, 0.3) is 0 Å². The van der Waals surface area contributed by atoms with Gasteiger partial charge in [0.2, 0.25) is 5.91 Å². The van der Waals surface area contributed by atoms with E-state index in [1.165, 1.54) is 0 Å². The van der Waals surface area contributed by atoms with Crippen LogP contribution in [0.15, 0.2) is 24.3 Å². The summed E-state index contributed by atoms with van der Waals surface area (Å²) in [6.45, 7) is 6.52. The van der Waals surface area contributed by atoms with Gasteiger partial charge in [-0.1, -0.05) is 26.0 Å². The van der Waals surface area contributed by atoms with Gasteiger partial charge in [0.05, 0.1) is 0 Å². The lowest BCUT2D eigenvalue weighted by atomic mass is 10.1. The van der Waals surface area contributed by atoms with E-state index in [9.17, 15) is 9.59 Å². The summed E-state index contributed by atoms with van der Waals surface area (Å²) in [5, 5.41) is 0. The van der Waals surface area contributed by atoms with Gasteiger partial charge in [-0.3, -0.25) is 9.59 Å². The van der Waals surface area contributed by atoms with Crippen molar-refractivity contribution in [3.63, 3.8) is 0 Å². The molecule has 0 spiro atoms. The topological polar surface area (TPSA) is 66.6 Å². The van der Waals surface area contributed by atoms with Crippen molar-refractivity contribution in [1.82, 2.24) is 9.80 Å². The van der Waals surface area contributed by atoms with Crippen molar-refractivity contribution >= 4 is 11.8 Å². The molecule has 0 bridgehead atoms. The predicted octanol–water partition coefficient (Wildman–Crippen LogP) is 1.72. The molecule has 1 aliphatic heterocycles. The van der Waals surface area contributed by atoms with Crippen LogP contribution in [0, 0.1) is 11.8 Å². The molecule has 0 aromatic heterocycles. The lowest BCUT2D eigenvalue weighted by Gasteiger charge is -2.20. The molecule has 1 fully saturated rings. The first-order valence-corrected chi connectivity index (χ1v) is 8.25. The fraction of sp³-hybridized carbons (Fsp3) is 0.556. The Morgan fingerprint density at radius 1 is 1.30 bits per heavy atom. The van der Waals surface area contributed by atoms with Crippen LogP contribution >= 0.6 is 0 Å². The van der Waals surface area contributed by atoms with E-state index in [0.717, 1.165) is 25.1 Å². The Kier molecular flexibility index (Phi) is 5.77. The Labute approximate surface area is 138 Å². The Morgan fingerprint density at radius 3 is 2.48 bits per heavy atom. The van der Waals surface area contributed by atoms with E-state index >= 15 is 0 Å². The van der Waals surface area contributed by atoms with Crippen LogP contribution in [0.1, 0.15) is 36.2 Å². The van der Waals surface area contributed by atoms with Gasteiger partial charge in [-0.05, 0) is 36.6 Å². The number of carbonyl (C=O) groups is 2. The second kappa shape index (κ2) is 7.59. The molecule has 2 N–H and O–H groups in total. The molecule has 23 heavy (non-hydrogen) atoms. The van der Waals surface area contributed by atoms with E-state index in [2.05, 4.69) is 0 Å². The molecule has 1 heterocycles. The second-order valence-corrected chi connectivity index (χ2v) is 6.69. The van der Waals surface area contributed by atoms with E-state index in [-0.39, 0.29) is 17.7 Å². The van der Waals surface area contributed by atoms with Crippen LogP contribution in [-0.4, -0.2) is 48.3 Å². The molecule has 1 unspecified atom stereocenters.